The molecule has 104 valence electrons. The van der Waals surface area contributed by atoms with E-state index in [2.05, 4.69) is 5.32 Å². The second-order valence-electron chi connectivity index (χ2n) is 4.71. The molecule has 0 radical (unpaired) electrons. The van der Waals surface area contributed by atoms with Crippen LogP contribution in [0.3, 0.4) is 0 Å². The number of anilines is 1. The van der Waals surface area contributed by atoms with Crippen LogP contribution in [0.2, 0.25) is 5.02 Å². The number of ether oxygens (including phenoxy) is 1. The van der Waals surface area contributed by atoms with E-state index in [-0.39, 0.29) is 18.2 Å². The summed E-state index contributed by atoms with van der Waals surface area (Å²) in [4.78, 5) is 12.2. The van der Waals surface area contributed by atoms with E-state index < -0.39 is 5.54 Å². The number of aliphatic hydroxyl groups excluding tert-OH is 1. The molecule has 0 bridgehead atoms. The normalized spacial score (nSPS) is 18.0. The maximum absolute atomic E-state index is 12.2. The van der Waals surface area contributed by atoms with Crippen LogP contribution >= 0.6 is 11.6 Å². The van der Waals surface area contributed by atoms with Gasteiger partial charge in [0.05, 0.1) is 28.4 Å². The summed E-state index contributed by atoms with van der Waals surface area (Å²) in [5, 5.41) is 12.7. The predicted molar refractivity (Wildman–Crippen MR) is 73.2 cm³/mol. The van der Waals surface area contributed by atoms with Gasteiger partial charge in [0, 0.05) is 13.2 Å². The van der Waals surface area contributed by atoms with Crippen molar-refractivity contribution >= 4 is 23.2 Å². The fourth-order valence-electron chi connectivity index (χ4n) is 2.13. The largest absolute Gasteiger partial charge is 0.397 e. The van der Waals surface area contributed by atoms with Crippen LogP contribution in [0.4, 0.5) is 5.69 Å². The molecule has 1 aromatic rings. The van der Waals surface area contributed by atoms with E-state index in [0.29, 0.717) is 36.6 Å². The number of rotatable bonds is 3. The van der Waals surface area contributed by atoms with Crippen LogP contribution in [0.15, 0.2) is 18.2 Å². The Hall–Kier alpha value is -1.30. The van der Waals surface area contributed by atoms with Gasteiger partial charge in [0.25, 0.3) is 5.91 Å². The van der Waals surface area contributed by atoms with E-state index >= 15 is 0 Å². The highest BCUT2D eigenvalue weighted by Gasteiger charge is 2.34. The van der Waals surface area contributed by atoms with Gasteiger partial charge in [-0.15, -0.1) is 0 Å². The quantitative estimate of drug-likeness (QED) is 0.728. The molecule has 1 aliphatic rings. The number of para-hydroxylation sites is 1. The maximum atomic E-state index is 12.2. The minimum Gasteiger partial charge on any atom is -0.397 e. The van der Waals surface area contributed by atoms with Gasteiger partial charge in [0.2, 0.25) is 0 Å². The number of amides is 1. The maximum Gasteiger partial charge on any atom is 0.253 e. The third kappa shape index (κ3) is 3.00. The molecule has 1 aromatic carbocycles. The van der Waals surface area contributed by atoms with Crippen molar-refractivity contribution in [2.45, 2.75) is 18.4 Å². The molecule has 0 spiro atoms. The highest BCUT2D eigenvalue weighted by Crippen LogP contribution is 2.25. The highest BCUT2D eigenvalue weighted by molar-refractivity contribution is 6.33. The molecule has 1 aliphatic heterocycles. The van der Waals surface area contributed by atoms with E-state index in [4.69, 9.17) is 22.1 Å². The molecule has 0 aromatic heterocycles. The molecule has 1 heterocycles. The van der Waals surface area contributed by atoms with Gasteiger partial charge < -0.3 is 20.9 Å². The summed E-state index contributed by atoms with van der Waals surface area (Å²) < 4.78 is 5.25. The number of halogens is 1. The van der Waals surface area contributed by atoms with Crippen molar-refractivity contribution in [2.75, 3.05) is 25.6 Å². The second-order valence-corrected chi connectivity index (χ2v) is 5.11. The second kappa shape index (κ2) is 5.77. The Labute approximate surface area is 116 Å². The molecule has 6 heteroatoms. The van der Waals surface area contributed by atoms with Gasteiger partial charge in [-0.1, -0.05) is 17.7 Å². The molecule has 0 atom stereocenters. The standard InChI is InChI=1S/C13H17ClN2O3/c14-10-3-1-2-9(11(10)15)12(18)16-13(8-17)4-6-19-7-5-13/h1-3,17H,4-8,15H2,(H,16,18). The third-order valence-corrected chi connectivity index (χ3v) is 3.76. The number of hydrogen-bond acceptors (Lipinski definition) is 4. The molecule has 0 saturated carbocycles. The van der Waals surface area contributed by atoms with E-state index in [1.54, 1.807) is 18.2 Å². The Morgan fingerprint density at radius 3 is 2.79 bits per heavy atom. The first-order valence-electron chi connectivity index (χ1n) is 6.13. The van der Waals surface area contributed by atoms with Crippen molar-refractivity contribution in [2.24, 2.45) is 0 Å². The van der Waals surface area contributed by atoms with Crippen molar-refractivity contribution in [1.82, 2.24) is 5.32 Å². The summed E-state index contributed by atoms with van der Waals surface area (Å²) in [7, 11) is 0. The zero-order chi connectivity index (χ0) is 13.9. The summed E-state index contributed by atoms with van der Waals surface area (Å²) in [5.74, 6) is -0.323. The number of nitrogen functional groups attached to an aromatic ring is 1. The minimum atomic E-state index is -0.635. The number of hydrogen-bond donors (Lipinski definition) is 3. The molecule has 19 heavy (non-hydrogen) atoms. The number of carbonyl (C=O) groups excluding carboxylic acids is 1. The Bertz CT molecular complexity index is 473. The van der Waals surface area contributed by atoms with Crippen molar-refractivity contribution in [3.8, 4) is 0 Å². The number of aliphatic hydroxyl groups is 1. The third-order valence-electron chi connectivity index (χ3n) is 3.43. The first-order chi connectivity index (χ1) is 9.08. The lowest BCUT2D eigenvalue weighted by Gasteiger charge is -2.36. The summed E-state index contributed by atoms with van der Waals surface area (Å²) in [6.45, 7) is 0.917. The lowest BCUT2D eigenvalue weighted by atomic mass is 9.90. The molecule has 1 saturated heterocycles. The Morgan fingerprint density at radius 2 is 2.16 bits per heavy atom. The molecule has 0 aliphatic carbocycles. The van der Waals surface area contributed by atoms with Gasteiger partial charge in [-0.3, -0.25) is 4.79 Å². The number of nitrogens with one attached hydrogen (secondary N) is 1. The van der Waals surface area contributed by atoms with Crippen molar-refractivity contribution in [3.05, 3.63) is 28.8 Å². The minimum absolute atomic E-state index is 0.122. The van der Waals surface area contributed by atoms with Gasteiger partial charge >= 0.3 is 0 Å². The van der Waals surface area contributed by atoms with Crippen LogP contribution in [-0.4, -0.2) is 36.4 Å². The fraction of sp³-hybridized carbons (Fsp3) is 0.462. The fourth-order valence-corrected chi connectivity index (χ4v) is 2.30. The summed E-state index contributed by atoms with van der Waals surface area (Å²) in [6.07, 6.45) is 1.16. The molecular formula is C13H17ClN2O3. The average Bonchev–Trinajstić information content (AvgIpc) is 2.42. The Balaban J connectivity index is 2.17. The Kier molecular flexibility index (Phi) is 4.29. The van der Waals surface area contributed by atoms with Gasteiger partial charge in [0.15, 0.2) is 0 Å². The molecular weight excluding hydrogens is 268 g/mol. The summed E-state index contributed by atoms with van der Waals surface area (Å²) in [5.41, 5.74) is 5.74. The first kappa shape index (κ1) is 14.1. The first-order valence-corrected chi connectivity index (χ1v) is 6.51. The number of benzene rings is 1. The van der Waals surface area contributed by atoms with Crippen molar-refractivity contribution in [1.29, 1.82) is 0 Å². The lowest BCUT2D eigenvalue weighted by molar-refractivity contribution is 0.0125. The van der Waals surface area contributed by atoms with Crippen LogP contribution < -0.4 is 11.1 Å². The van der Waals surface area contributed by atoms with Gasteiger partial charge in [-0.05, 0) is 25.0 Å². The van der Waals surface area contributed by atoms with Crippen molar-refractivity contribution < 1.29 is 14.6 Å². The average molecular weight is 285 g/mol. The van der Waals surface area contributed by atoms with Crippen LogP contribution in [-0.2, 0) is 4.74 Å². The zero-order valence-electron chi connectivity index (χ0n) is 10.5. The highest BCUT2D eigenvalue weighted by atomic mass is 35.5. The van der Waals surface area contributed by atoms with Crippen LogP contribution in [0.1, 0.15) is 23.2 Å². The number of nitrogens with two attached hydrogens (primary N) is 1. The SMILES string of the molecule is Nc1c(Cl)cccc1C(=O)NC1(CO)CCOCC1. The van der Waals surface area contributed by atoms with E-state index in [9.17, 15) is 9.90 Å². The topological polar surface area (TPSA) is 84.6 Å². The molecule has 0 unspecified atom stereocenters. The summed E-state index contributed by atoms with van der Waals surface area (Å²) >= 11 is 5.89. The van der Waals surface area contributed by atoms with Crippen molar-refractivity contribution in [3.63, 3.8) is 0 Å². The molecule has 5 nitrogen and oxygen atoms in total. The van der Waals surface area contributed by atoms with Gasteiger partial charge in [0.1, 0.15) is 0 Å². The smallest absolute Gasteiger partial charge is 0.253 e. The molecule has 2 rings (SSSR count). The predicted octanol–water partition coefficient (Wildman–Crippen LogP) is 1.19. The summed E-state index contributed by atoms with van der Waals surface area (Å²) in [6, 6.07) is 4.91. The van der Waals surface area contributed by atoms with Gasteiger partial charge in [-0.2, -0.15) is 0 Å². The van der Waals surface area contributed by atoms with E-state index in [0.717, 1.165) is 0 Å². The van der Waals surface area contributed by atoms with Gasteiger partial charge in [-0.25, -0.2) is 0 Å². The Morgan fingerprint density at radius 1 is 1.47 bits per heavy atom. The lowest BCUT2D eigenvalue weighted by Crippen LogP contribution is -2.54. The molecule has 1 fully saturated rings. The van der Waals surface area contributed by atoms with Crippen LogP contribution in [0.5, 0.6) is 0 Å². The molecule has 4 N–H and O–H groups in total. The monoisotopic (exact) mass is 284 g/mol. The van der Waals surface area contributed by atoms with E-state index in [1.807, 2.05) is 0 Å². The zero-order valence-corrected chi connectivity index (χ0v) is 11.2. The van der Waals surface area contributed by atoms with Crippen LogP contribution in [0, 0.1) is 0 Å². The van der Waals surface area contributed by atoms with E-state index in [1.165, 1.54) is 0 Å². The number of carbonyl (C=O) groups is 1. The molecule has 1 amide bonds. The van der Waals surface area contributed by atoms with Crippen LogP contribution in [0.25, 0.3) is 0 Å².